The maximum Gasteiger partial charge on any atom is 0.104 e. The third-order valence-electron chi connectivity index (χ3n) is 2.44. The predicted molar refractivity (Wildman–Crippen MR) is 61.8 cm³/mol. The molecule has 0 N–H and O–H groups in total. The molecule has 3 heteroatoms. The van der Waals surface area contributed by atoms with E-state index in [9.17, 15) is 0 Å². The molecule has 0 aliphatic carbocycles. The Morgan fingerprint density at radius 1 is 1.27 bits per heavy atom. The zero-order valence-corrected chi connectivity index (χ0v) is 9.40. The van der Waals surface area contributed by atoms with E-state index < -0.39 is 0 Å². The first kappa shape index (κ1) is 10.1. The molecule has 0 saturated heterocycles. The summed E-state index contributed by atoms with van der Waals surface area (Å²) in [4.78, 5) is 7.44. The van der Waals surface area contributed by atoms with Crippen molar-refractivity contribution in [1.82, 2.24) is 9.63 Å². The molecular weight excluding hydrogens is 188 g/mol. The van der Waals surface area contributed by atoms with Crippen molar-refractivity contribution in [3.8, 4) is 0 Å². The molecule has 80 valence electrons. The minimum absolute atomic E-state index is 0.927. The molecule has 0 atom stereocenters. The Hall–Kier alpha value is -1.48. The molecule has 0 bridgehead atoms. The molecule has 0 aliphatic heterocycles. The average molecular weight is 204 g/mol. The van der Waals surface area contributed by atoms with E-state index in [0.717, 1.165) is 12.1 Å². The fraction of sp³-hybridized carbons (Fsp3) is 0.333. The highest BCUT2D eigenvalue weighted by Gasteiger charge is 2.08. The molecule has 0 radical (unpaired) electrons. The van der Waals surface area contributed by atoms with Crippen LogP contribution in [-0.4, -0.2) is 30.8 Å². The molecule has 1 aromatic heterocycles. The van der Waals surface area contributed by atoms with E-state index in [1.165, 1.54) is 10.9 Å². The molecule has 2 aromatic rings. The van der Waals surface area contributed by atoms with E-state index in [4.69, 9.17) is 4.84 Å². The largest absolute Gasteiger partial charge is 0.417 e. The summed E-state index contributed by atoms with van der Waals surface area (Å²) in [6, 6.07) is 8.28. The molecule has 15 heavy (non-hydrogen) atoms. The van der Waals surface area contributed by atoms with Gasteiger partial charge >= 0.3 is 0 Å². The number of para-hydroxylation sites is 1. The maximum absolute atomic E-state index is 5.29. The van der Waals surface area contributed by atoms with E-state index >= 15 is 0 Å². The van der Waals surface area contributed by atoms with Crippen molar-refractivity contribution < 1.29 is 4.84 Å². The number of benzene rings is 1. The number of nitrogens with zero attached hydrogens (tertiary/aromatic N) is 2. The highest BCUT2D eigenvalue weighted by atomic mass is 16.6. The Morgan fingerprint density at radius 2 is 2.00 bits per heavy atom. The van der Waals surface area contributed by atoms with Crippen LogP contribution >= 0.6 is 0 Å². The number of aromatic nitrogens is 1. The van der Waals surface area contributed by atoms with E-state index in [-0.39, 0.29) is 0 Å². The first-order valence-electron chi connectivity index (χ1n) is 5.00. The second-order valence-electron chi connectivity index (χ2n) is 3.92. The topological polar surface area (TPSA) is 17.4 Å². The fourth-order valence-corrected chi connectivity index (χ4v) is 1.84. The number of hydrogen-bond acceptors (Lipinski definition) is 2. The Morgan fingerprint density at radius 3 is 2.67 bits per heavy atom. The van der Waals surface area contributed by atoms with Crippen LogP contribution in [0, 0.1) is 0 Å². The second kappa shape index (κ2) is 3.95. The van der Waals surface area contributed by atoms with Gasteiger partial charge in [-0.3, -0.25) is 0 Å². The van der Waals surface area contributed by atoms with Crippen LogP contribution in [0.3, 0.4) is 0 Å². The van der Waals surface area contributed by atoms with Crippen molar-refractivity contribution in [2.45, 2.75) is 6.54 Å². The first-order valence-corrected chi connectivity index (χ1v) is 5.00. The van der Waals surface area contributed by atoms with Crippen molar-refractivity contribution in [1.29, 1.82) is 0 Å². The third-order valence-corrected chi connectivity index (χ3v) is 2.44. The van der Waals surface area contributed by atoms with Gasteiger partial charge in [0.2, 0.25) is 0 Å². The molecule has 2 rings (SSSR count). The molecule has 0 saturated carbocycles. The van der Waals surface area contributed by atoms with Crippen molar-refractivity contribution in [2.75, 3.05) is 21.2 Å². The van der Waals surface area contributed by atoms with Gasteiger partial charge in [-0.15, -0.1) is 0 Å². The molecular formula is C12H16N2O. The van der Waals surface area contributed by atoms with Crippen molar-refractivity contribution >= 4 is 10.9 Å². The molecule has 3 nitrogen and oxygen atoms in total. The zero-order chi connectivity index (χ0) is 10.8. The van der Waals surface area contributed by atoms with Gasteiger partial charge in [-0.1, -0.05) is 18.2 Å². The van der Waals surface area contributed by atoms with Crippen LogP contribution in [-0.2, 0) is 6.54 Å². The summed E-state index contributed by atoms with van der Waals surface area (Å²) >= 11 is 0. The summed E-state index contributed by atoms with van der Waals surface area (Å²) in [6.45, 7) is 0.927. The predicted octanol–water partition coefficient (Wildman–Crippen LogP) is 1.76. The number of fused-ring (bicyclic) bond motifs is 1. The molecule has 0 aliphatic rings. The van der Waals surface area contributed by atoms with Crippen LogP contribution in [0.2, 0.25) is 0 Å². The quantitative estimate of drug-likeness (QED) is 0.758. The smallest absolute Gasteiger partial charge is 0.104 e. The molecule has 0 spiro atoms. The molecule has 1 aromatic carbocycles. The summed E-state index contributed by atoms with van der Waals surface area (Å²) in [5.41, 5.74) is 2.41. The summed E-state index contributed by atoms with van der Waals surface area (Å²) in [6.07, 6.45) is 2.05. The highest BCUT2D eigenvalue weighted by Crippen LogP contribution is 2.20. The van der Waals surface area contributed by atoms with E-state index in [2.05, 4.69) is 37.2 Å². The molecule has 0 amide bonds. The van der Waals surface area contributed by atoms with E-state index in [1.54, 1.807) is 7.11 Å². The summed E-state index contributed by atoms with van der Waals surface area (Å²) < 4.78 is 1.81. The summed E-state index contributed by atoms with van der Waals surface area (Å²) in [5.74, 6) is 0. The molecule has 0 fully saturated rings. The highest BCUT2D eigenvalue weighted by molar-refractivity contribution is 5.83. The summed E-state index contributed by atoms with van der Waals surface area (Å²) in [5, 5.41) is 1.26. The zero-order valence-electron chi connectivity index (χ0n) is 9.40. The Bertz CT molecular complexity index is 460. The van der Waals surface area contributed by atoms with Crippen LogP contribution in [0.1, 0.15) is 5.56 Å². The van der Waals surface area contributed by atoms with Gasteiger partial charge in [0.25, 0.3) is 0 Å². The lowest BCUT2D eigenvalue weighted by Crippen LogP contribution is -2.10. The van der Waals surface area contributed by atoms with Crippen LogP contribution in [0.4, 0.5) is 0 Å². The lowest BCUT2D eigenvalue weighted by molar-refractivity contribution is 0.178. The lowest BCUT2D eigenvalue weighted by Gasteiger charge is -2.07. The van der Waals surface area contributed by atoms with Gasteiger partial charge in [0, 0.05) is 18.1 Å². The first-order chi connectivity index (χ1) is 7.22. The second-order valence-corrected chi connectivity index (χ2v) is 3.92. The van der Waals surface area contributed by atoms with Crippen molar-refractivity contribution in [3.05, 3.63) is 36.0 Å². The average Bonchev–Trinajstić information content (AvgIpc) is 2.56. The van der Waals surface area contributed by atoms with Crippen molar-refractivity contribution in [3.63, 3.8) is 0 Å². The minimum atomic E-state index is 0.927. The SMILES string of the molecule is COn1cc(CN(C)C)c2ccccc21. The van der Waals surface area contributed by atoms with E-state index in [1.807, 2.05) is 17.0 Å². The standard InChI is InChI=1S/C12H16N2O/c1-13(2)8-10-9-14(15-3)12-7-5-4-6-11(10)12/h4-7,9H,8H2,1-3H3. The lowest BCUT2D eigenvalue weighted by atomic mass is 10.2. The minimum Gasteiger partial charge on any atom is -0.417 e. The third kappa shape index (κ3) is 1.83. The maximum atomic E-state index is 5.29. The van der Waals surface area contributed by atoms with Crippen molar-refractivity contribution in [2.24, 2.45) is 0 Å². The van der Waals surface area contributed by atoms with Gasteiger partial charge in [0.1, 0.15) is 7.11 Å². The molecule has 0 unspecified atom stereocenters. The van der Waals surface area contributed by atoms with Crippen LogP contribution in [0.25, 0.3) is 10.9 Å². The van der Waals surface area contributed by atoms with Crippen LogP contribution in [0.5, 0.6) is 0 Å². The number of hydrogen-bond donors (Lipinski definition) is 0. The van der Waals surface area contributed by atoms with E-state index in [0.29, 0.717) is 0 Å². The Kier molecular flexibility index (Phi) is 2.64. The fourth-order valence-electron chi connectivity index (χ4n) is 1.84. The van der Waals surface area contributed by atoms with Gasteiger partial charge in [-0.25, -0.2) is 0 Å². The monoisotopic (exact) mass is 204 g/mol. The van der Waals surface area contributed by atoms with Gasteiger partial charge in [0.05, 0.1) is 5.52 Å². The van der Waals surface area contributed by atoms with Gasteiger partial charge in [-0.2, -0.15) is 4.73 Å². The van der Waals surface area contributed by atoms with Crippen LogP contribution < -0.4 is 4.84 Å². The van der Waals surface area contributed by atoms with Crippen LogP contribution in [0.15, 0.2) is 30.5 Å². The summed E-state index contributed by atoms with van der Waals surface area (Å²) in [7, 11) is 5.82. The Balaban J connectivity index is 2.55. The normalized spacial score (nSPS) is 11.2. The number of rotatable bonds is 3. The molecule has 1 heterocycles. The van der Waals surface area contributed by atoms with Gasteiger partial charge < -0.3 is 9.74 Å². The Labute approximate surface area is 89.8 Å². The van der Waals surface area contributed by atoms with Gasteiger partial charge in [0.15, 0.2) is 0 Å². The van der Waals surface area contributed by atoms with Gasteiger partial charge in [-0.05, 0) is 25.7 Å².